The molecule has 0 bridgehead atoms. The third-order valence-electron chi connectivity index (χ3n) is 5.29. The number of aryl methyl sites for hydroxylation is 2. The van der Waals surface area contributed by atoms with Gasteiger partial charge < -0.3 is 15.4 Å². The molecule has 0 aliphatic carbocycles. The highest BCUT2D eigenvalue weighted by Gasteiger charge is 2.27. The second-order valence-electron chi connectivity index (χ2n) is 7.73. The van der Waals surface area contributed by atoms with Gasteiger partial charge in [-0.15, -0.1) is 0 Å². The van der Waals surface area contributed by atoms with Crippen molar-refractivity contribution in [2.45, 2.75) is 40.8 Å². The van der Waals surface area contributed by atoms with E-state index < -0.39 is 57.9 Å². The van der Waals surface area contributed by atoms with E-state index in [1.54, 1.807) is 13.8 Å². The normalized spacial score (nSPS) is 12.1. The number of carbonyl (C=O) groups excluding carboxylic acids is 1. The largest absolute Gasteiger partial charge is 0.390 e. The van der Waals surface area contributed by atoms with E-state index in [-0.39, 0.29) is 29.4 Å². The molecule has 0 aliphatic rings. The first-order valence-corrected chi connectivity index (χ1v) is 9.87. The standard InChI is InChI=1S/C20H19F5N6O3/c1-8(6-29-9(2)5-13(28-29)31(33)34)20(32)26-19-10(3)27-30(11(19)4)7-12-14(21)16(23)18(25)17(24)15(12)22/h5,8H,6-7H2,1-4H3,(H,26,32). The number of aromatic nitrogens is 4. The summed E-state index contributed by atoms with van der Waals surface area (Å²) in [5, 5.41) is 21.4. The molecule has 14 heteroatoms. The average Bonchev–Trinajstić information content (AvgIpc) is 3.28. The number of carbonyl (C=O) groups is 1. The molecule has 1 atom stereocenters. The Morgan fingerprint density at radius 1 is 1.03 bits per heavy atom. The Labute approximate surface area is 189 Å². The summed E-state index contributed by atoms with van der Waals surface area (Å²) in [6.45, 7) is 5.37. The quantitative estimate of drug-likeness (QED) is 0.179. The number of nitro groups is 1. The van der Waals surface area contributed by atoms with Gasteiger partial charge in [-0.1, -0.05) is 6.92 Å². The van der Waals surface area contributed by atoms with Crippen molar-refractivity contribution in [3.05, 3.63) is 67.9 Å². The van der Waals surface area contributed by atoms with E-state index in [1.807, 2.05) is 0 Å². The Bertz CT molecular complexity index is 1270. The molecular formula is C20H19F5N6O3. The molecule has 0 fully saturated rings. The van der Waals surface area contributed by atoms with Crippen LogP contribution < -0.4 is 5.32 Å². The molecule has 0 saturated carbocycles. The minimum Gasteiger partial charge on any atom is -0.358 e. The lowest BCUT2D eigenvalue weighted by molar-refractivity contribution is -0.389. The van der Waals surface area contributed by atoms with Gasteiger partial charge >= 0.3 is 5.82 Å². The number of hydrogen-bond acceptors (Lipinski definition) is 5. The van der Waals surface area contributed by atoms with E-state index in [4.69, 9.17) is 0 Å². The monoisotopic (exact) mass is 486 g/mol. The van der Waals surface area contributed by atoms with Crippen LogP contribution in [-0.2, 0) is 17.9 Å². The predicted octanol–water partition coefficient (Wildman–Crippen LogP) is 3.93. The van der Waals surface area contributed by atoms with Gasteiger partial charge in [0, 0.05) is 0 Å². The van der Waals surface area contributed by atoms with Crippen LogP contribution in [0.4, 0.5) is 33.5 Å². The lowest BCUT2D eigenvalue weighted by Crippen LogP contribution is -2.25. The molecule has 1 N–H and O–H groups in total. The van der Waals surface area contributed by atoms with Crippen LogP contribution in [0, 0.1) is 65.9 Å². The van der Waals surface area contributed by atoms with Crippen molar-refractivity contribution in [2.75, 3.05) is 5.32 Å². The molecule has 34 heavy (non-hydrogen) atoms. The zero-order valence-corrected chi connectivity index (χ0v) is 18.4. The topological polar surface area (TPSA) is 108 Å². The van der Waals surface area contributed by atoms with Crippen LogP contribution in [0.15, 0.2) is 6.07 Å². The highest BCUT2D eigenvalue weighted by Crippen LogP contribution is 2.26. The molecule has 9 nitrogen and oxygen atoms in total. The van der Waals surface area contributed by atoms with E-state index in [0.717, 1.165) is 4.68 Å². The zero-order chi connectivity index (χ0) is 25.5. The first kappa shape index (κ1) is 24.8. The van der Waals surface area contributed by atoms with E-state index >= 15 is 0 Å². The molecular weight excluding hydrogens is 467 g/mol. The molecule has 182 valence electrons. The number of nitrogens with zero attached hydrogens (tertiary/aromatic N) is 5. The van der Waals surface area contributed by atoms with Crippen LogP contribution in [0.2, 0.25) is 0 Å². The Morgan fingerprint density at radius 3 is 2.12 bits per heavy atom. The molecule has 1 amide bonds. The van der Waals surface area contributed by atoms with Crippen LogP contribution in [0.3, 0.4) is 0 Å². The van der Waals surface area contributed by atoms with Crippen LogP contribution in [0.1, 0.15) is 29.6 Å². The van der Waals surface area contributed by atoms with Gasteiger partial charge in [0.05, 0.1) is 58.5 Å². The van der Waals surface area contributed by atoms with Crippen molar-refractivity contribution in [3.63, 3.8) is 0 Å². The van der Waals surface area contributed by atoms with Gasteiger partial charge in [-0.05, 0) is 25.7 Å². The zero-order valence-electron chi connectivity index (χ0n) is 18.4. The fourth-order valence-corrected chi connectivity index (χ4v) is 3.33. The van der Waals surface area contributed by atoms with Crippen LogP contribution in [0.25, 0.3) is 0 Å². The highest BCUT2D eigenvalue weighted by atomic mass is 19.2. The number of hydrogen-bond donors (Lipinski definition) is 1. The first-order valence-electron chi connectivity index (χ1n) is 9.87. The van der Waals surface area contributed by atoms with E-state index in [2.05, 4.69) is 15.5 Å². The number of amides is 1. The van der Waals surface area contributed by atoms with Gasteiger partial charge in [-0.2, -0.15) is 9.78 Å². The summed E-state index contributed by atoms with van der Waals surface area (Å²) in [7, 11) is 0. The van der Waals surface area contributed by atoms with Crippen molar-refractivity contribution < 1.29 is 31.7 Å². The van der Waals surface area contributed by atoms with Crippen LogP contribution >= 0.6 is 0 Å². The summed E-state index contributed by atoms with van der Waals surface area (Å²) < 4.78 is 70.7. The van der Waals surface area contributed by atoms with Crippen molar-refractivity contribution in [2.24, 2.45) is 5.92 Å². The minimum absolute atomic E-state index is 0.0301. The molecule has 3 aromatic rings. The third kappa shape index (κ3) is 4.47. The number of nitrogens with one attached hydrogen (secondary N) is 1. The van der Waals surface area contributed by atoms with Gasteiger partial charge in [-0.3, -0.25) is 9.48 Å². The van der Waals surface area contributed by atoms with Gasteiger partial charge in [-0.25, -0.2) is 22.0 Å². The lowest BCUT2D eigenvalue weighted by Gasteiger charge is -2.13. The molecule has 3 rings (SSSR count). The number of halogens is 5. The maximum atomic E-state index is 14.1. The Morgan fingerprint density at radius 2 is 1.59 bits per heavy atom. The highest BCUT2D eigenvalue weighted by molar-refractivity contribution is 5.93. The maximum Gasteiger partial charge on any atom is 0.390 e. The molecule has 0 radical (unpaired) electrons. The fourth-order valence-electron chi connectivity index (χ4n) is 3.33. The molecule has 1 unspecified atom stereocenters. The molecule has 2 heterocycles. The summed E-state index contributed by atoms with van der Waals surface area (Å²) in [6, 6.07) is 1.27. The van der Waals surface area contributed by atoms with Crippen LogP contribution in [0.5, 0.6) is 0 Å². The summed E-state index contributed by atoms with van der Waals surface area (Å²) in [6.07, 6.45) is 0. The Balaban J connectivity index is 1.81. The molecule has 0 aliphatic heterocycles. The van der Waals surface area contributed by atoms with Gasteiger partial charge in [0.25, 0.3) is 0 Å². The summed E-state index contributed by atoms with van der Waals surface area (Å²) >= 11 is 0. The second-order valence-corrected chi connectivity index (χ2v) is 7.73. The average molecular weight is 486 g/mol. The van der Waals surface area contributed by atoms with E-state index in [1.165, 1.54) is 24.6 Å². The second kappa shape index (κ2) is 9.19. The molecule has 0 saturated heterocycles. The summed E-state index contributed by atoms with van der Waals surface area (Å²) in [5.74, 6) is -11.9. The predicted molar refractivity (Wildman–Crippen MR) is 108 cm³/mol. The molecule has 0 spiro atoms. The van der Waals surface area contributed by atoms with Crippen molar-refractivity contribution in [1.29, 1.82) is 0 Å². The third-order valence-corrected chi connectivity index (χ3v) is 5.29. The smallest absolute Gasteiger partial charge is 0.358 e. The van der Waals surface area contributed by atoms with Gasteiger partial charge in [0.15, 0.2) is 23.3 Å². The Hall–Kier alpha value is -3.84. The molecule has 1 aromatic carbocycles. The summed E-state index contributed by atoms with van der Waals surface area (Å²) in [4.78, 5) is 22.9. The van der Waals surface area contributed by atoms with Crippen molar-refractivity contribution in [3.8, 4) is 0 Å². The minimum atomic E-state index is -2.26. The van der Waals surface area contributed by atoms with Crippen LogP contribution in [-0.4, -0.2) is 30.4 Å². The fraction of sp³-hybridized carbons (Fsp3) is 0.350. The molecule has 2 aromatic heterocycles. The lowest BCUT2D eigenvalue weighted by atomic mass is 10.1. The summed E-state index contributed by atoms with van der Waals surface area (Å²) in [5.41, 5.74) is 0.0722. The Kier molecular flexibility index (Phi) is 6.70. The van der Waals surface area contributed by atoms with E-state index in [0.29, 0.717) is 5.69 Å². The van der Waals surface area contributed by atoms with E-state index in [9.17, 15) is 36.9 Å². The van der Waals surface area contributed by atoms with Crippen molar-refractivity contribution in [1.82, 2.24) is 19.6 Å². The van der Waals surface area contributed by atoms with Gasteiger partial charge in [0.1, 0.15) is 0 Å². The van der Waals surface area contributed by atoms with Gasteiger partial charge in [0.2, 0.25) is 11.7 Å². The van der Waals surface area contributed by atoms with Crippen molar-refractivity contribution >= 4 is 17.4 Å². The number of anilines is 1. The maximum absolute atomic E-state index is 14.1. The SMILES string of the molecule is Cc1nn(Cc2c(F)c(F)c(F)c(F)c2F)c(C)c1NC(=O)C(C)Cn1nc([N+](=O)[O-])cc1C. The number of rotatable bonds is 7. The first-order chi connectivity index (χ1) is 15.8. The number of benzene rings is 1.